The van der Waals surface area contributed by atoms with E-state index in [9.17, 15) is 9.59 Å². The highest BCUT2D eigenvalue weighted by molar-refractivity contribution is 6.01. The first-order valence-corrected chi connectivity index (χ1v) is 8.81. The second-order valence-electron chi connectivity index (χ2n) is 6.48. The standard InChI is InChI=1S/C23H19NO3/c1-27-23(26)21-20(18-10-6-3-7-11-18)24(21)22(25)19-14-12-17(13-15-19)16-8-4-2-5-9-16/h2-15,20-21H,1H3. The van der Waals surface area contributed by atoms with Gasteiger partial charge in [0.05, 0.1) is 13.2 Å². The summed E-state index contributed by atoms with van der Waals surface area (Å²) in [5, 5.41) is 0. The van der Waals surface area contributed by atoms with Gasteiger partial charge in [-0.15, -0.1) is 0 Å². The molecule has 0 saturated carbocycles. The highest BCUT2D eigenvalue weighted by atomic mass is 16.5. The van der Waals surface area contributed by atoms with Crippen LogP contribution in [0.5, 0.6) is 0 Å². The number of esters is 1. The predicted molar refractivity (Wildman–Crippen MR) is 103 cm³/mol. The van der Waals surface area contributed by atoms with Gasteiger partial charge in [0.2, 0.25) is 0 Å². The van der Waals surface area contributed by atoms with Crippen molar-refractivity contribution in [2.24, 2.45) is 0 Å². The Morgan fingerprint density at radius 3 is 1.93 bits per heavy atom. The molecule has 134 valence electrons. The van der Waals surface area contributed by atoms with Crippen molar-refractivity contribution in [3.63, 3.8) is 0 Å². The molecule has 1 aliphatic rings. The van der Waals surface area contributed by atoms with Crippen molar-refractivity contribution in [1.82, 2.24) is 4.90 Å². The monoisotopic (exact) mass is 357 g/mol. The van der Waals surface area contributed by atoms with Gasteiger partial charge in [-0.05, 0) is 28.8 Å². The molecule has 4 nitrogen and oxygen atoms in total. The van der Waals surface area contributed by atoms with E-state index < -0.39 is 12.0 Å². The Labute approximate surface area is 158 Å². The van der Waals surface area contributed by atoms with Gasteiger partial charge in [-0.25, -0.2) is 4.79 Å². The van der Waals surface area contributed by atoms with E-state index in [2.05, 4.69) is 0 Å². The summed E-state index contributed by atoms with van der Waals surface area (Å²) >= 11 is 0. The van der Waals surface area contributed by atoms with Gasteiger partial charge in [-0.1, -0.05) is 72.8 Å². The highest BCUT2D eigenvalue weighted by Crippen LogP contribution is 2.44. The summed E-state index contributed by atoms with van der Waals surface area (Å²) in [6.45, 7) is 0. The summed E-state index contributed by atoms with van der Waals surface area (Å²) < 4.78 is 4.89. The third-order valence-corrected chi connectivity index (χ3v) is 4.87. The number of carbonyl (C=O) groups is 2. The second-order valence-corrected chi connectivity index (χ2v) is 6.48. The smallest absolute Gasteiger partial charge is 0.331 e. The SMILES string of the molecule is COC(=O)C1C(c2ccccc2)N1C(=O)c1ccc(-c2ccccc2)cc1. The molecule has 0 N–H and O–H groups in total. The summed E-state index contributed by atoms with van der Waals surface area (Å²) in [4.78, 5) is 26.7. The van der Waals surface area contributed by atoms with Crippen LogP contribution in [0.2, 0.25) is 0 Å². The summed E-state index contributed by atoms with van der Waals surface area (Å²) in [7, 11) is 1.35. The van der Waals surface area contributed by atoms with E-state index in [-0.39, 0.29) is 11.9 Å². The fourth-order valence-electron chi connectivity index (χ4n) is 3.43. The number of methoxy groups -OCH3 is 1. The summed E-state index contributed by atoms with van der Waals surface area (Å²) in [6, 6.07) is 26.2. The van der Waals surface area contributed by atoms with Crippen LogP contribution in [0.1, 0.15) is 22.0 Å². The van der Waals surface area contributed by atoms with Crippen molar-refractivity contribution in [1.29, 1.82) is 0 Å². The van der Waals surface area contributed by atoms with Crippen LogP contribution in [0.4, 0.5) is 0 Å². The third-order valence-electron chi connectivity index (χ3n) is 4.87. The van der Waals surface area contributed by atoms with Gasteiger partial charge in [-0.3, -0.25) is 4.79 Å². The Morgan fingerprint density at radius 2 is 1.33 bits per heavy atom. The Bertz CT molecular complexity index is 952. The average Bonchev–Trinajstić information content (AvgIpc) is 3.50. The largest absolute Gasteiger partial charge is 0.467 e. The molecule has 27 heavy (non-hydrogen) atoms. The van der Waals surface area contributed by atoms with E-state index >= 15 is 0 Å². The molecule has 0 aliphatic carbocycles. The molecule has 2 atom stereocenters. The summed E-state index contributed by atoms with van der Waals surface area (Å²) in [5.41, 5.74) is 3.63. The summed E-state index contributed by atoms with van der Waals surface area (Å²) in [6.07, 6.45) is 0. The Hall–Kier alpha value is -3.40. The molecule has 1 fully saturated rings. The Morgan fingerprint density at radius 1 is 0.778 bits per heavy atom. The van der Waals surface area contributed by atoms with Crippen molar-refractivity contribution in [2.75, 3.05) is 7.11 Å². The van der Waals surface area contributed by atoms with E-state index in [0.717, 1.165) is 16.7 Å². The Balaban J connectivity index is 1.59. The van der Waals surface area contributed by atoms with E-state index in [1.54, 1.807) is 17.0 Å². The fraction of sp³-hybridized carbons (Fsp3) is 0.130. The molecule has 1 aliphatic heterocycles. The topological polar surface area (TPSA) is 46.4 Å². The molecule has 0 spiro atoms. The van der Waals surface area contributed by atoms with E-state index in [1.165, 1.54) is 7.11 Å². The lowest BCUT2D eigenvalue weighted by Crippen LogP contribution is -2.19. The molecule has 0 bridgehead atoms. The van der Waals surface area contributed by atoms with Crippen LogP contribution in [0, 0.1) is 0 Å². The quantitative estimate of drug-likeness (QED) is 0.522. The second kappa shape index (κ2) is 7.08. The molecular weight excluding hydrogens is 338 g/mol. The van der Waals surface area contributed by atoms with E-state index in [0.29, 0.717) is 5.56 Å². The lowest BCUT2D eigenvalue weighted by molar-refractivity contribution is -0.140. The zero-order chi connectivity index (χ0) is 18.8. The first-order valence-electron chi connectivity index (χ1n) is 8.81. The molecule has 1 heterocycles. The first-order chi connectivity index (χ1) is 13.2. The number of carbonyl (C=O) groups excluding carboxylic acids is 2. The van der Waals surface area contributed by atoms with E-state index in [4.69, 9.17) is 4.74 Å². The number of amides is 1. The van der Waals surface area contributed by atoms with Gasteiger partial charge in [0.25, 0.3) is 5.91 Å². The highest BCUT2D eigenvalue weighted by Gasteiger charge is 2.57. The van der Waals surface area contributed by atoms with Crippen molar-refractivity contribution in [3.05, 3.63) is 96.1 Å². The van der Waals surface area contributed by atoms with Gasteiger partial charge in [0.1, 0.15) is 0 Å². The number of nitrogens with zero attached hydrogens (tertiary/aromatic N) is 1. The molecule has 0 aromatic heterocycles. The number of ether oxygens (including phenoxy) is 1. The zero-order valence-electron chi connectivity index (χ0n) is 14.9. The van der Waals surface area contributed by atoms with Gasteiger partial charge >= 0.3 is 5.97 Å². The maximum atomic E-state index is 13.0. The molecule has 4 heteroatoms. The van der Waals surface area contributed by atoms with Crippen molar-refractivity contribution in [2.45, 2.75) is 12.1 Å². The first kappa shape index (κ1) is 17.0. The predicted octanol–water partition coefficient (Wildman–Crippen LogP) is 4.09. The minimum absolute atomic E-state index is 0.168. The molecule has 1 amide bonds. The van der Waals surface area contributed by atoms with Crippen LogP contribution in [0.3, 0.4) is 0 Å². The van der Waals surface area contributed by atoms with Crippen LogP contribution in [0.25, 0.3) is 11.1 Å². The summed E-state index contributed by atoms with van der Waals surface area (Å²) in [5.74, 6) is -0.558. The van der Waals surface area contributed by atoms with Crippen LogP contribution < -0.4 is 0 Å². The molecular formula is C23H19NO3. The number of rotatable bonds is 4. The molecule has 0 radical (unpaired) electrons. The molecule has 2 unspecified atom stereocenters. The minimum Gasteiger partial charge on any atom is -0.467 e. The lowest BCUT2D eigenvalue weighted by Gasteiger charge is -2.07. The van der Waals surface area contributed by atoms with Crippen LogP contribution in [-0.2, 0) is 9.53 Å². The molecule has 4 rings (SSSR count). The number of hydrogen-bond acceptors (Lipinski definition) is 3. The lowest BCUT2D eigenvalue weighted by atomic mass is 10.0. The fourth-order valence-corrected chi connectivity index (χ4v) is 3.43. The van der Waals surface area contributed by atoms with Crippen molar-refractivity contribution >= 4 is 11.9 Å². The maximum absolute atomic E-state index is 13.0. The molecule has 3 aromatic carbocycles. The normalized spacial score (nSPS) is 18.0. The van der Waals surface area contributed by atoms with Crippen LogP contribution in [0.15, 0.2) is 84.9 Å². The van der Waals surface area contributed by atoms with Gasteiger partial charge in [-0.2, -0.15) is 0 Å². The van der Waals surface area contributed by atoms with Crippen molar-refractivity contribution in [3.8, 4) is 11.1 Å². The Kier molecular flexibility index (Phi) is 4.47. The number of benzene rings is 3. The van der Waals surface area contributed by atoms with Gasteiger partial charge < -0.3 is 9.64 Å². The van der Waals surface area contributed by atoms with Crippen LogP contribution >= 0.6 is 0 Å². The molecule has 3 aromatic rings. The van der Waals surface area contributed by atoms with Crippen LogP contribution in [-0.4, -0.2) is 29.9 Å². The zero-order valence-corrected chi connectivity index (χ0v) is 14.9. The van der Waals surface area contributed by atoms with Gasteiger partial charge in [0, 0.05) is 5.56 Å². The average molecular weight is 357 g/mol. The van der Waals surface area contributed by atoms with Crippen molar-refractivity contribution < 1.29 is 14.3 Å². The maximum Gasteiger partial charge on any atom is 0.331 e. The minimum atomic E-state index is -0.571. The van der Waals surface area contributed by atoms with Gasteiger partial charge in [0.15, 0.2) is 6.04 Å². The molecule has 1 saturated heterocycles. The number of hydrogen-bond donors (Lipinski definition) is 0. The third kappa shape index (κ3) is 3.22. The van der Waals surface area contributed by atoms with E-state index in [1.807, 2.05) is 72.8 Å².